The zero-order chi connectivity index (χ0) is 14.6. The van der Waals surface area contributed by atoms with Gasteiger partial charge >= 0.3 is 0 Å². The number of benzene rings is 1. The lowest BCUT2D eigenvalue weighted by molar-refractivity contribution is 0.118. The van der Waals surface area contributed by atoms with E-state index in [0.29, 0.717) is 30.2 Å². The number of rotatable bonds is 5. The van der Waals surface area contributed by atoms with Gasteiger partial charge in [0.1, 0.15) is 0 Å². The van der Waals surface area contributed by atoms with Crippen molar-refractivity contribution in [2.75, 3.05) is 26.8 Å². The number of halogens is 1. The first-order chi connectivity index (χ1) is 9.59. The molecule has 1 unspecified atom stereocenters. The van der Waals surface area contributed by atoms with Gasteiger partial charge in [-0.05, 0) is 30.4 Å². The van der Waals surface area contributed by atoms with Crippen molar-refractivity contribution in [2.45, 2.75) is 23.6 Å². The third-order valence-electron chi connectivity index (χ3n) is 3.62. The van der Waals surface area contributed by atoms with Crippen molar-refractivity contribution in [1.82, 2.24) is 4.31 Å². The number of sulfonamides is 1. The second-order valence-electron chi connectivity index (χ2n) is 5.07. The van der Waals surface area contributed by atoms with E-state index in [-0.39, 0.29) is 11.8 Å². The molecule has 1 fully saturated rings. The molecule has 1 aromatic carbocycles. The van der Waals surface area contributed by atoms with E-state index >= 15 is 0 Å². The summed E-state index contributed by atoms with van der Waals surface area (Å²) < 4.78 is 32.2. The van der Waals surface area contributed by atoms with E-state index in [2.05, 4.69) is 0 Å². The van der Waals surface area contributed by atoms with Crippen LogP contribution >= 0.6 is 11.6 Å². The Morgan fingerprint density at radius 2 is 2.15 bits per heavy atom. The highest BCUT2D eigenvalue weighted by atomic mass is 35.5. The number of nitrogens with zero attached hydrogens (tertiary/aromatic N) is 1. The molecule has 0 amide bonds. The molecule has 4 nitrogen and oxygen atoms in total. The summed E-state index contributed by atoms with van der Waals surface area (Å²) in [5.74, 6) is 0.469. The molecule has 0 spiro atoms. The van der Waals surface area contributed by atoms with Crippen LogP contribution in [-0.2, 0) is 20.6 Å². The van der Waals surface area contributed by atoms with Gasteiger partial charge in [-0.15, -0.1) is 11.6 Å². The molecular weight excluding hydrogens is 298 g/mol. The normalized spacial score (nSPS) is 21.0. The van der Waals surface area contributed by atoms with Gasteiger partial charge in [-0.1, -0.05) is 18.2 Å². The molecule has 2 rings (SSSR count). The molecule has 0 bridgehead atoms. The van der Waals surface area contributed by atoms with E-state index in [0.717, 1.165) is 12.8 Å². The van der Waals surface area contributed by atoms with Crippen LogP contribution in [-0.4, -0.2) is 39.5 Å². The molecule has 1 aliphatic heterocycles. The molecule has 20 heavy (non-hydrogen) atoms. The molecule has 112 valence electrons. The minimum atomic E-state index is -3.46. The summed E-state index contributed by atoms with van der Waals surface area (Å²) in [5, 5.41) is 0. The Morgan fingerprint density at radius 3 is 2.85 bits per heavy atom. The molecule has 0 aromatic heterocycles. The van der Waals surface area contributed by atoms with Gasteiger partial charge in [-0.25, -0.2) is 8.42 Å². The first kappa shape index (κ1) is 15.8. The highest BCUT2D eigenvalue weighted by molar-refractivity contribution is 7.89. The molecule has 1 aliphatic rings. The molecule has 1 heterocycles. The molecule has 0 radical (unpaired) electrons. The minimum Gasteiger partial charge on any atom is -0.384 e. The van der Waals surface area contributed by atoms with Crippen molar-refractivity contribution in [1.29, 1.82) is 0 Å². The standard InChI is InChI=1S/C14H20ClNO3S/c1-19-11-12-5-4-8-16(10-12)20(17,18)14-7-3-2-6-13(14)9-15/h2-3,6-7,12H,4-5,8-11H2,1H3. The molecule has 0 N–H and O–H groups in total. The average molecular weight is 318 g/mol. The summed E-state index contributed by atoms with van der Waals surface area (Å²) in [6.45, 7) is 1.69. The molecule has 1 aromatic rings. The summed E-state index contributed by atoms with van der Waals surface area (Å²) in [6.07, 6.45) is 1.88. The zero-order valence-corrected chi connectivity index (χ0v) is 13.2. The molecule has 1 saturated heterocycles. The van der Waals surface area contributed by atoms with Crippen LogP contribution in [0.5, 0.6) is 0 Å². The molecular formula is C14H20ClNO3S. The van der Waals surface area contributed by atoms with Gasteiger partial charge in [-0.3, -0.25) is 0 Å². The van der Waals surface area contributed by atoms with E-state index in [1.54, 1.807) is 35.7 Å². The number of alkyl halides is 1. The largest absolute Gasteiger partial charge is 0.384 e. The van der Waals surface area contributed by atoms with Gasteiger partial charge in [-0.2, -0.15) is 4.31 Å². The SMILES string of the molecule is COCC1CCCN(S(=O)(=O)c2ccccc2CCl)C1. The van der Waals surface area contributed by atoms with Crippen LogP contribution in [0.2, 0.25) is 0 Å². The number of ether oxygens (including phenoxy) is 1. The Morgan fingerprint density at radius 1 is 1.40 bits per heavy atom. The molecule has 6 heteroatoms. The van der Waals surface area contributed by atoms with Gasteiger partial charge in [0.25, 0.3) is 0 Å². The third-order valence-corrected chi connectivity index (χ3v) is 5.87. The molecule has 0 saturated carbocycles. The monoisotopic (exact) mass is 317 g/mol. The maximum atomic E-state index is 12.7. The smallest absolute Gasteiger partial charge is 0.243 e. The van der Waals surface area contributed by atoms with Crippen molar-refractivity contribution in [2.24, 2.45) is 5.92 Å². The van der Waals surface area contributed by atoms with E-state index in [1.807, 2.05) is 0 Å². The van der Waals surface area contributed by atoms with Crippen LogP contribution < -0.4 is 0 Å². The summed E-state index contributed by atoms with van der Waals surface area (Å²) in [5.41, 5.74) is 0.656. The topological polar surface area (TPSA) is 46.6 Å². The van der Waals surface area contributed by atoms with E-state index < -0.39 is 10.0 Å². The highest BCUT2D eigenvalue weighted by Crippen LogP contribution is 2.26. The Hall–Kier alpha value is -0.620. The summed E-state index contributed by atoms with van der Waals surface area (Å²) in [6, 6.07) is 6.93. The molecule has 0 aliphatic carbocycles. The molecule has 1 atom stereocenters. The van der Waals surface area contributed by atoms with Gasteiger partial charge in [0.2, 0.25) is 10.0 Å². The van der Waals surface area contributed by atoms with Crippen molar-refractivity contribution in [3.05, 3.63) is 29.8 Å². The van der Waals surface area contributed by atoms with Crippen molar-refractivity contribution < 1.29 is 13.2 Å². The van der Waals surface area contributed by atoms with Gasteiger partial charge in [0.15, 0.2) is 0 Å². The quantitative estimate of drug-likeness (QED) is 0.784. The number of methoxy groups -OCH3 is 1. The lowest BCUT2D eigenvalue weighted by atomic mass is 10.0. The van der Waals surface area contributed by atoms with Crippen LogP contribution in [0.15, 0.2) is 29.2 Å². The van der Waals surface area contributed by atoms with Gasteiger partial charge in [0, 0.05) is 26.1 Å². The van der Waals surface area contributed by atoms with Crippen LogP contribution in [0.4, 0.5) is 0 Å². The zero-order valence-electron chi connectivity index (χ0n) is 11.6. The summed E-state index contributed by atoms with van der Waals surface area (Å²) in [4.78, 5) is 0.327. The number of hydrogen-bond acceptors (Lipinski definition) is 3. The Labute approximate surface area is 125 Å². The van der Waals surface area contributed by atoms with Crippen molar-refractivity contribution in [3.63, 3.8) is 0 Å². The average Bonchev–Trinajstić information content (AvgIpc) is 2.48. The lowest BCUT2D eigenvalue weighted by Gasteiger charge is -2.32. The third kappa shape index (κ3) is 3.34. The highest BCUT2D eigenvalue weighted by Gasteiger charge is 2.31. The summed E-state index contributed by atoms with van der Waals surface area (Å²) >= 11 is 5.85. The van der Waals surface area contributed by atoms with Gasteiger partial charge < -0.3 is 4.74 Å². The van der Waals surface area contributed by atoms with Gasteiger partial charge in [0.05, 0.1) is 11.5 Å². The lowest BCUT2D eigenvalue weighted by Crippen LogP contribution is -2.41. The van der Waals surface area contributed by atoms with Crippen molar-refractivity contribution >= 4 is 21.6 Å². The fraction of sp³-hybridized carbons (Fsp3) is 0.571. The number of piperidine rings is 1. The second kappa shape index (κ2) is 6.89. The van der Waals surface area contributed by atoms with Crippen molar-refractivity contribution in [3.8, 4) is 0 Å². The predicted octanol–water partition coefficient (Wildman–Crippen LogP) is 2.47. The first-order valence-corrected chi connectivity index (χ1v) is 8.70. The van der Waals surface area contributed by atoms with E-state index in [9.17, 15) is 8.42 Å². The van der Waals surface area contributed by atoms with E-state index in [4.69, 9.17) is 16.3 Å². The Balaban J connectivity index is 2.25. The maximum Gasteiger partial charge on any atom is 0.243 e. The fourth-order valence-corrected chi connectivity index (χ4v) is 4.71. The second-order valence-corrected chi connectivity index (χ2v) is 7.24. The maximum absolute atomic E-state index is 12.7. The minimum absolute atomic E-state index is 0.199. The van der Waals surface area contributed by atoms with Crippen LogP contribution in [0, 0.1) is 5.92 Å². The van der Waals surface area contributed by atoms with E-state index in [1.165, 1.54) is 0 Å². The Kier molecular flexibility index (Phi) is 5.43. The van der Waals surface area contributed by atoms with Crippen LogP contribution in [0.3, 0.4) is 0 Å². The van der Waals surface area contributed by atoms with Crippen LogP contribution in [0.25, 0.3) is 0 Å². The first-order valence-electron chi connectivity index (χ1n) is 6.72. The summed E-state index contributed by atoms with van der Waals surface area (Å²) in [7, 11) is -1.81. The van der Waals surface area contributed by atoms with Crippen LogP contribution in [0.1, 0.15) is 18.4 Å². The number of hydrogen-bond donors (Lipinski definition) is 0. The predicted molar refractivity (Wildman–Crippen MR) is 79.4 cm³/mol. The Bertz CT molecular complexity index is 545. The fourth-order valence-electron chi connectivity index (χ4n) is 2.62.